The SMILES string of the molecule is CCOc1ccccc1C(=O)N(C)CCOc1ccc(F)cc1. The van der Waals surface area contributed by atoms with Crippen molar-refractivity contribution < 1.29 is 18.7 Å². The number of hydrogen-bond donors (Lipinski definition) is 0. The van der Waals surface area contributed by atoms with E-state index in [2.05, 4.69) is 0 Å². The van der Waals surface area contributed by atoms with Crippen LogP contribution in [0.1, 0.15) is 17.3 Å². The molecule has 0 aliphatic carbocycles. The van der Waals surface area contributed by atoms with E-state index < -0.39 is 0 Å². The molecule has 0 bridgehead atoms. The second-order valence-electron chi connectivity index (χ2n) is 4.96. The fraction of sp³-hybridized carbons (Fsp3) is 0.278. The van der Waals surface area contributed by atoms with Gasteiger partial charge in [0.15, 0.2) is 0 Å². The summed E-state index contributed by atoms with van der Waals surface area (Å²) in [5.41, 5.74) is 0.527. The smallest absolute Gasteiger partial charge is 0.257 e. The summed E-state index contributed by atoms with van der Waals surface area (Å²) in [5.74, 6) is 0.710. The number of hydrogen-bond acceptors (Lipinski definition) is 3. The molecule has 5 heteroatoms. The summed E-state index contributed by atoms with van der Waals surface area (Å²) in [6.45, 7) is 3.12. The molecule has 0 aromatic heterocycles. The topological polar surface area (TPSA) is 38.8 Å². The first-order valence-electron chi connectivity index (χ1n) is 7.47. The lowest BCUT2D eigenvalue weighted by atomic mass is 10.2. The van der Waals surface area contributed by atoms with Gasteiger partial charge in [0.1, 0.15) is 23.9 Å². The van der Waals surface area contributed by atoms with Crippen LogP contribution < -0.4 is 9.47 Å². The molecule has 0 radical (unpaired) electrons. The predicted molar refractivity (Wildman–Crippen MR) is 86.5 cm³/mol. The highest BCUT2D eigenvalue weighted by atomic mass is 19.1. The Balaban J connectivity index is 1.91. The highest BCUT2D eigenvalue weighted by Crippen LogP contribution is 2.19. The van der Waals surface area contributed by atoms with E-state index in [0.717, 1.165) is 0 Å². The minimum atomic E-state index is -0.308. The zero-order valence-corrected chi connectivity index (χ0v) is 13.3. The molecule has 0 heterocycles. The number of carbonyl (C=O) groups is 1. The van der Waals surface area contributed by atoms with Gasteiger partial charge in [0.25, 0.3) is 5.91 Å². The fourth-order valence-electron chi connectivity index (χ4n) is 2.06. The van der Waals surface area contributed by atoms with Gasteiger partial charge in [-0.2, -0.15) is 0 Å². The van der Waals surface area contributed by atoms with Gasteiger partial charge >= 0.3 is 0 Å². The summed E-state index contributed by atoms with van der Waals surface area (Å²) in [6.07, 6.45) is 0. The zero-order valence-electron chi connectivity index (χ0n) is 13.3. The molecule has 0 aliphatic heterocycles. The molecular weight excluding hydrogens is 297 g/mol. The van der Waals surface area contributed by atoms with Crippen molar-refractivity contribution in [3.63, 3.8) is 0 Å². The van der Waals surface area contributed by atoms with Gasteiger partial charge in [-0.1, -0.05) is 12.1 Å². The summed E-state index contributed by atoms with van der Waals surface area (Å²) in [4.78, 5) is 14.0. The Bertz CT molecular complexity index is 643. The number of para-hydroxylation sites is 1. The minimum Gasteiger partial charge on any atom is -0.493 e. The average Bonchev–Trinajstić information content (AvgIpc) is 2.57. The molecule has 4 nitrogen and oxygen atoms in total. The Labute approximate surface area is 135 Å². The van der Waals surface area contributed by atoms with Crippen molar-refractivity contribution in [1.29, 1.82) is 0 Å². The third kappa shape index (κ3) is 4.71. The quantitative estimate of drug-likeness (QED) is 0.786. The first-order chi connectivity index (χ1) is 11.1. The first kappa shape index (κ1) is 16.8. The van der Waals surface area contributed by atoms with Crippen LogP contribution in [0, 0.1) is 5.82 Å². The van der Waals surface area contributed by atoms with E-state index in [1.54, 1.807) is 42.3 Å². The van der Waals surface area contributed by atoms with E-state index in [4.69, 9.17) is 9.47 Å². The first-order valence-corrected chi connectivity index (χ1v) is 7.47. The third-order valence-electron chi connectivity index (χ3n) is 3.27. The Morgan fingerprint density at radius 3 is 2.48 bits per heavy atom. The lowest BCUT2D eigenvalue weighted by Crippen LogP contribution is -2.31. The minimum absolute atomic E-state index is 0.128. The van der Waals surface area contributed by atoms with Crippen molar-refractivity contribution in [3.8, 4) is 11.5 Å². The van der Waals surface area contributed by atoms with Crippen LogP contribution >= 0.6 is 0 Å². The van der Waals surface area contributed by atoms with Crippen LogP contribution in [0.2, 0.25) is 0 Å². The lowest BCUT2D eigenvalue weighted by molar-refractivity contribution is 0.0769. The van der Waals surface area contributed by atoms with Crippen LogP contribution in [-0.4, -0.2) is 37.6 Å². The summed E-state index contributed by atoms with van der Waals surface area (Å²) < 4.78 is 23.8. The maximum Gasteiger partial charge on any atom is 0.257 e. The molecule has 122 valence electrons. The summed E-state index contributed by atoms with van der Waals surface area (Å²) in [5, 5.41) is 0. The second kappa shape index (κ2) is 8.17. The van der Waals surface area contributed by atoms with Gasteiger partial charge in [0.2, 0.25) is 0 Å². The molecule has 0 saturated heterocycles. The number of halogens is 1. The Morgan fingerprint density at radius 2 is 1.78 bits per heavy atom. The van der Waals surface area contributed by atoms with E-state index in [0.29, 0.717) is 36.8 Å². The van der Waals surface area contributed by atoms with Gasteiger partial charge in [-0.15, -0.1) is 0 Å². The maximum atomic E-state index is 12.8. The highest BCUT2D eigenvalue weighted by Gasteiger charge is 2.16. The van der Waals surface area contributed by atoms with Crippen LogP contribution in [-0.2, 0) is 0 Å². The van der Waals surface area contributed by atoms with E-state index in [1.165, 1.54) is 12.1 Å². The monoisotopic (exact) mass is 317 g/mol. The summed E-state index contributed by atoms with van der Waals surface area (Å²) >= 11 is 0. The molecule has 0 N–H and O–H groups in total. The normalized spacial score (nSPS) is 10.2. The largest absolute Gasteiger partial charge is 0.493 e. The molecule has 0 saturated carbocycles. The van der Waals surface area contributed by atoms with Crippen molar-refractivity contribution in [2.75, 3.05) is 26.8 Å². The van der Waals surface area contributed by atoms with Gasteiger partial charge in [-0.3, -0.25) is 4.79 Å². The molecule has 23 heavy (non-hydrogen) atoms. The Morgan fingerprint density at radius 1 is 1.09 bits per heavy atom. The number of benzene rings is 2. The second-order valence-corrected chi connectivity index (χ2v) is 4.96. The van der Waals surface area contributed by atoms with Crippen LogP contribution in [0.5, 0.6) is 11.5 Å². The van der Waals surface area contributed by atoms with Crippen LogP contribution in [0.15, 0.2) is 48.5 Å². The van der Waals surface area contributed by atoms with Crippen molar-refractivity contribution in [2.45, 2.75) is 6.92 Å². The number of nitrogens with zero attached hydrogens (tertiary/aromatic N) is 1. The fourth-order valence-corrected chi connectivity index (χ4v) is 2.06. The predicted octanol–water partition coefficient (Wildman–Crippen LogP) is 3.38. The van der Waals surface area contributed by atoms with Gasteiger partial charge in [0.05, 0.1) is 18.7 Å². The Kier molecular flexibility index (Phi) is 5.97. The van der Waals surface area contributed by atoms with Crippen LogP contribution in [0.3, 0.4) is 0 Å². The third-order valence-corrected chi connectivity index (χ3v) is 3.27. The maximum absolute atomic E-state index is 12.8. The molecule has 0 unspecified atom stereocenters. The molecule has 2 rings (SSSR count). The van der Waals surface area contributed by atoms with Crippen molar-refractivity contribution in [2.24, 2.45) is 0 Å². The lowest BCUT2D eigenvalue weighted by Gasteiger charge is -2.19. The van der Waals surface area contributed by atoms with Gasteiger partial charge in [-0.25, -0.2) is 4.39 Å². The summed E-state index contributed by atoms with van der Waals surface area (Å²) in [7, 11) is 1.71. The van der Waals surface area contributed by atoms with Gasteiger partial charge in [-0.05, 0) is 43.3 Å². The van der Waals surface area contributed by atoms with E-state index in [1.807, 2.05) is 13.0 Å². The zero-order chi connectivity index (χ0) is 16.7. The number of amides is 1. The highest BCUT2D eigenvalue weighted by molar-refractivity contribution is 5.96. The molecule has 2 aromatic rings. The molecule has 0 fully saturated rings. The van der Waals surface area contributed by atoms with Gasteiger partial charge in [0, 0.05) is 7.05 Å². The standard InChI is InChI=1S/C18H20FNO3/c1-3-22-17-7-5-4-6-16(17)18(21)20(2)12-13-23-15-10-8-14(19)9-11-15/h4-11H,3,12-13H2,1-2H3. The van der Waals surface area contributed by atoms with Crippen LogP contribution in [0.4, 0.5) is 4.39 Å². The molecule has 2 aromatic carbocycles. The molecule has 0 aliphatic rings. The van der Waals surface area contributed by atoms with E-state index >= 15 is 0 Å². The number of likely N-dealkylation sites (N-methyl/N-ethyl adjacent to an activating group) is 1. The number of ether oxygens (including phenoxy) is 2. The number of rotatable bonds is 7. The molecular formula is C18H20FNO3. The number of carbonyl (C=O) groups excluding carboxylic acids is 1. The van der Waals surface area contributed by atoms with Gasteiger partial charge < -0.3 is 14.4 Å². The van der Waals surface area contributed by atoms with E-state index in [9.17, 15) is 9.18 Å². The van der Waals surface area contributed by atoms with Crippen molar-refractivity contribution in [1.82, 2.24) is 4.90 Å². The molecule has 1 amide bonds. The van der Waals surface area contributed by atoms with E-state index in [-0.39, 0.29) is 11.7 Å². The van der Waals surface area contributed by atoms with Crippen molar-refractivity contribution in [3.05, 3.63) is 59.9 Å². The van der Waals surface area contributed by atoms with Crippen molar-refractivity contribution >= 4 is 5.91 Å². The molecule has 0 spiro atoms. The Hall–Kier alpha value is -2.56. The summed E-state index contributed by atoms with van der Waals surface area (Å²) in [6, 6.07) is 12.9. The van der Waals surface area contributed by atoms with Crippen LogP contribution in [0.25, 0.3) is 0 Å². The molecule has 0 atom stereocenters. The average molecular weight is 317 g/mol.